The van der Waals surface area contributed by atoms with E-state index in [0.717, 1.165) is 19.6 Å². The third kappa shape index (κ3) is 3.23. The lowest BCUT2D eigenvalue weighted by Gasteiger charge is -2.28. The van der Waals surface area contributed by atoms with Crippen LogP contribution in [0.5, 0.6) is 0 Å². The van der Waals surface area contributed by atoms with Gasteiger partial charge in [-0.05, 0) is 25.7 Å². The molecule has 84 valence electrons. The Hall–Kier alpha value is -0.120. The molecule has 3 heteroatoms. The van der Waals surface area contributed by atoms with Gasteiger partial charge in [-0.3, -0.25) is 0 Å². The first-order valence-electron chi connectivity index (χ1n) is 5.65. The Morgan fingerprint density at radius 2 is 2.21 bits per heavy atom. The molecule has 1 fully saturated rings. The van der Waals surface area contributed by atoms with Crippen molar-refractivity contribution in [2.45, 2.75) is 45.3 Å². The molecule has 0 bridgehead atoms. The normalized spacial score (nSPS) is 29.8. The van der Waals surface area contributed by atoms with Gasteiger partial charge in [0.2, 0.25) is 0 Å². The van der Waals surface area contributed by atoms with E-state index in [4.69, 9.17) is 10.5 Å². The minimum atomic E-state index is 0.0440. The molecule has 1 heterocycles. The van der Waals surface area contributed by atoms with E-state index < -0.39 is 0 Å². The quantitative estimate of drug-likeness (QED) is 0.699. The number of hydrogen-bond acceptors (Lipinski definition) is 3. The topological polar surface area (TPSA) is 47.3 Å². The van der Waals surface area contributed by atoms with Crippen LogP contribution in [0.1, 0.15) is 33.6 Å². The van der Waals surface area contributed by atoms with Gasteiger partial charge in [-0.1, -0.05) is 13.8 Å². The summed E-state index contributed by atoms with van der Waals surface area (Å²) in [6.07, 6.45) is 2.35. The molecule has 2 atom stereocenters. The van der Waals surface area contributed by atoms with E-state index in [-0.39, 0.29) is 5.60 Å². The fraction of sp³-hybridized carbons (Fsp3) is 1.00. The van der Waals surface area contributed by atoms with E-state index in [9.17, 15) is 0 Å². The van der Waals surface area contributed by atoms with Crippen LogP contribution in [-0.2, 0) is 4.74 Å². The lowest BCUT2D eigenvalue weighted by atomic mass is 10.00. The van der Waals surface area contributed by atoms with Crippen LogP contribution in [0.15, 0.2) is 0 Å². The van der Waals surface area contributed by atoms with Crippen LogP contribution in [0.4, 0.5) is 0 Å². The summed E-state index contributed by atoms with van der Waals surface area (Å²) in [6, 6.07) is 0.413. The van der Waals surface area contributed by atoms with Crippen LogP contribution in [-0.4, -0.2) is 31.3 Å². The molecule has 0 aromatic carbocycles. The molecule has 1 rings (SSSR count). The third-order valence-corrected chi connectivity index (χ3v) is 3.10. The van der Waals surface area contributed by atoms with Crippen LogP contribution in [0.2, 0.25) is 0 Å². The zero-order chi connectivity index (χ0) is 10.6. The molecule has 1 saturated heterocycles. The predicted octanol–water partition coefficient (Wildman–Crippen LogP) is 1.13. The maximum atomic E-state index is 5.71. The monoisotopic (exact) mass is 200 g/mol. The summed E-state index contributed by atoms with van der Waals surface area (Å²) in [5, 5.41) is 3.50. The lowest BCUT2D eigenvalue weighted by Crippen LogP contribution is -2.47. The van der Waals surface area contributed by atoms with Gasteiger partial charge in [-0.25, -0.2) is 0 Å². The van der Waals surface area contributed by atoms with Crippen molar-refractivity contribution in [2.24, 2.45) is 11.7 Å². The highest BCUT2D eigenvalue weighted by Gasteiger charge is 2.30. The highest BCUT2D eigenvalue weighted by molar-refractivity contribution is 4.85. The van der Waals surface area contributed by atoms with Crippen molar-refractivity contribution in [1.29, 1.82) is 0 Å². The Bertz CT molecular complexity index is 165. The van der Waals surface area contributed by atoms with Crippen LogP contribution in [0.25, 0.3) is 0 Å². The summed E-state index contributed by atoms with van der Waals surface area (Å²) >= 11 is 0. The Kier molecular flexibility index (Phi) is 4.35. The van der Waals surface area contributed by atoms with Gasteiger partial charge in [0.05, 0.1) is 5.60 Å². The largest absolute Gasteiger partial charge is 0.374 e. The van der Waals surface area contributed by atoms with E-state index in [1.807, 2.05) is 0 Å². The van der Waals surface area contributed by atoms with Gasteiger partial charge in [0.15, 0.2) is 0 Å². The average Bonchev–Trinajstić information content (AvgIpc) is 2.53. The summed E-state index contributed by atoms with van der Waals surface area (Å²) in [4.78, 5) is 0. The highest BCUT2D eigenvalue weighted by atomic mass is 16.5. The van der Waals surface area contributed by atoms with Gasteiger partial charge in [0, 0.05) is 25.7 Å². The molecule has 0 aromatic rings. The second-order valence-electron chi connectivity index (χ2n) is 4.87. The Labute approximate surface area is 87.4 Å². The number of ether oxygens (including phenoxy) is 1. The molecule has 0 saturated carbocycles. The Morgan fingerprint density at radius 3 is 2.64 bits per heavy atom. The molecule has 1 aliphatic heterocycles. The minimum absolute atomic E-state index is 0.0440. The van der Waals surface area contributed by atoms with Gasteiger partial charge in [0.1, 0.15) is 0 Å². The van der Waals surface area contributed by atoms with Crippen molar-refractivity contribution in [2.75, 3.05) is 19.7 Å². The van der Waals surface area contributed by atoms with Crippen molar-refractivity contribution in [1.82, 2.24) is 5.32 Å². The van der Waals surface area contributed by atoms with E-state index in [2.05, 4.69) is 26.1 Å². The number of nitrogens with two attached hydrogens (primary N) is 1. The van der Waals surface area contributed by atoms with E-state index in [0.29, 0.717) is 18.5 Å². The SMILES string of the molecule is CC(C)C(CN)NCC1(C)CCCO1. The second-order valence-corrected chi connectivity index (χ2v) is 4.87. The van der Waals surface area contributed by atoms with E-state index in [1.54, 1.807) is 0 Å². The van der Waals surface area contributed by atoms with Crippen LogP contribution in [0, 0.1) is 5.92 Å². The molecular formula is C11H24N2O. The molecule has 3 nitrogen and oxygen atoms in total. The van der Waals surface area contributed by atoms with Gasteiger partial charge in [-0.2, -0.15) is 0 Å². The maximum Gasteiger partial charge on any atom is 0.0779 e. The summed E-state index contributed by atoms with van der Waals surface area (Å²) in [5.74, 6) is 0.588. The molecular weight excluding hydrogens is 176 g/mol. The Balaban J connectivity index is 2.30. The van der Waals surface area contributed by atoms with Crippen LogP contribution >= 0.6 is 0 Å². The number of hydrogen-bond donors (Lipinski definition) is 2. The zero-order valence-corrected chi connectivity index (χ0v) is 9.68. The molecule has 0 aromatic heterocycles. The highest BCUT2D eigenvalue weighted by Crippen LogP contribution is 2.24. The van der Waals surface area contributed by atoms with Crippen molar-refractivity contribution in [3.63, 3.8) is 0 Å². The molecule has 2 unspecified atom stereocenters. The van der Waals surface area contributed by atoms with Crippen molar-refractivity contribution in [3.05, 3.63) is 0 Å². The predicted molar refractivity (Wildman–Crippen MR) is 59.3 cm³/mol. The van der Waals surface area contributed by atoms with Crippen molar-refractivity contribution >= 4 is 0 Å². The standard InChI is InChI=1S/C11H24N2O/c1-9(2)10(7-12)13-8-11(3)5-4-6-14-11/h9-10,13H,4-8,12H2,1-3H3. The first-order valence-corrected chi connectivity index (χ1v) is 5.65. The maximum absolute atomic E-state index is 5.71. The number of nitrogens with one attached hydrogen (secondary N) is 1. The first-order chi connectivity index (χ1) is 6.57. The molecule has 3 N–H and O–H groups in total. The van der Waals surface area contributed by atoms with E-state index >= 15 is 0 Å². The van der Waals surface area contributed by atoms with Gasteiger partial charge in [-0.15, -0.1) is 0 Å². The molecule has 0 spiro atoms. The fourth-order valence-corrected chi connectivity index (χ4v) is 1.91. The van der Waals surface area contributed by atoms with E-state index in [1.165, 1.54) is 6.42 Å². The Morgan fingerprint density at radius 1 is 1.50 bits per heavy atom. The summed E-state index contributed by atoms with van der Waals surface area (Å²) in [5.41, 5.74) is 5.74. The number of rotatable bonds is 5. The van der Waals surface area contributed by atoms with Crippen molar-refractivity contribution in [3.8, 4) is 0 Å². The van der Waals surface area contributed by atoms with Gasteiger partial charge >= 0.3 is 0 Å². The molecule has 14 heavy (non-hydrogen) atoms. The fourth-order valence-electron chi connectivity index (χ4n) is 1.91. The molecule has 0 amide bonds. The molecule has 0 radical (unpaired) electrons. The van der Waals surface area contributed by atoms with Gasteiger partial charge in [0.25, 0.3) is 0 Å². The molecule has 1 aliphatic rings. The summed E-state index contributed by atoms with van der Waals surface area (Å²) in [6.45, 7) is 9.11. The summed E-state index contributed by atoms with van der Waals surface area (Å²) in [7, 11) is 0. The first kappa shape index (κ1) is 12.0. The van der Waals surface area contributed by atoms with Crippen LogP contribution < -0.4 is 11.1 Å². The lowest BCUT2D eigenvalue weighted by molar-refractivity contribution is 0.0178. The third-order valence-electron chi connectivity index (χ3n) is 3.10. The second kappa shape index (κ2) is 5.10. The summed E-state index contributed by atoms with van der Waals surface area (Å²) < 4.78 is 5.71. The average molecular weight is 200 g/mol. The minimum Gasteiger partial charge on any atom is -0.374 e. The van der Waals surface area contributed by atoms with Gasteiger partial charge < -0.3 is 15.8 Å². The van der Waals surface area contributed by atoms with Crippen LogP contribution in [0.3, 0.4) is 0 Å². The van der Waals surface area contributed by atoms with Crippen molar-refractivity contribution < 1.29 is 4.74 Å². The molecule has 0 aliphatic carbocycles. The zero-order valence-electron chi connectivity index (χ0n) is 9.68. The smallest absolute Gasteiger partial charge is 0.0779 e.